The molecule has 0 unspecified atom stereocenters. The molecule has 106 valence electrons. The molecule has 1 rings (SSSR count). The van der Waals surface area contributed by atoms with Gasteiger partial charge in [0.1, 0.15) is 12.4 Å². The lowest BCUT2D eigenvalue weighted by Gasteiger charge is -2.16. The van der Waals surface area contributed by atoms with Crippen LogP contribution in [0.3, 0.4) is 0 Å². The molecule has 0 saturated carbocycles. The Morgan fingerprint density at radius 3 is 2.63 bits per heavy atom. The van der Waals surface area contributed by atoms with E-state index in [0.29, 0.717) is 19.1 Å². The lowest BCUT2D eigenvalue weighted by molar-refractivity contribution is -0.138. The summed E-state index contributed by atoms with van der Waals surface area (Å²) in [5.41, 5.74) is 2.56. The first-order chi connectivity index (χ1) is 8.90. The summed E-state index contributed by atoms with van der Waals surface area (Å²) in [5.74, 6) is 0.529. The number of ether oxygens (including phenoxy) is 1. The average molecular weight is 265 g/mol. The third-order valence-corrected chi connectivity index (χ3v) is 3.01. The lowest BCUT2D eigenvalue weighted by atomic mass is 9.98. The maximum atomic E-state index is 10.5. The molecule has 0 aliphatic heterocycles. The highest BCUT2D eigenvalue weighted by atomic mass is 16.5. The SMILES string of the molecule is Cc1cc(OCCN(C)CC(=O)O)ccc1C(C)C. The number of nitrogens with zero attached hydrogens (tertiary/aromatic N) is 1. The van der Waals surface area contributed by atoms with Crippen LogP contribution in [0.25, 0.3) is 0 Å². The number of carboxylic acid groups (broad SMARTS) is 1. The largest absolute Gasteiger partial charge is 0.492 e. The van der Waals surface area contributed by atoms with Crippen LogP contribution in [0, 0.1) is 6.92 Å². The molecular weight excluding hydrogens is 242 g/mol. The third-order valence-electron chi connectivity index (χ3n) is 3.01. The minimum Gasteiger partial charge on any atom is -0.492 e. The Balaban J connectivity index is 2.46. The van der Waals surface area contributed by atoms with Gasteiger partial charge >= 0.3 is 5.97 Å². The molecule has 0 heterocycles. The summed E-state index contributed by atoms with van der Waals surface area (Å²) in [6, 6.07) is 6.10. The molecule has 0 radical (unpaired) electrons. The minimum atomic E-state index is -0.820. The summed E-state index contributed by atoms with van der Waals surface area (Å²) in [6.45, 7) is 7.54. The quantitative estimate of drug-likeness (QED) is 0.823. The van der Waals surface area contributed by atoms with E-state index < -0.39 is 5.97 Å². The van der Waals surface area contributed by atoms with Crippen LogP contribution in [0.5, 0.6) is 5.75 Å². The van der Waals surface area contributed by atoms with Gasteiger partial charge in [0, 0.05) is 6.54 Å². The van der Waals surface area contributed by atoms with E-state index in [-0.39, 0.29) is 6.54 Å². The van der Waals surface area contributed by atoms with Gasteiger partial charge in [0.25, 0.3) is 0 Å². The van der Waals surface area contributed by atoms with E-state index in [1.807, 2.05) is 12.1 Å². The fourth-order valence-electron chi connectivity index (χ4n) is 2.02. The zero-order chi connectivity index (χ0) is 14.4. The van der Waals surface area contributed by atoms with Gasteiger partial charge < -0.3 is 9.84 Å². The standard InChI is InChI=1S/C15H23NO3/c1-11(2)14-6-5-13(9-12(14)3)19-8-7-16(4)10-15(17)18/h5-6,9,11H,7-8,10H2,1-4H3,(H,17,18). The number of benzene rings is 1. The molecule has 0 aliphatic rings. The van der Waals surface area contributed by atoms with E-state index in [4.69, 9.17) is 9.84 Å². The van der Waals surface area contributed by atoms with E-state index in [0.717, 1.165) is 5.75 Å². The summed E-state index contributed by atoms with van der Waals surface area (Å²) in [5, 5.41) is 8.64. The Kier molecular flexibility index (Phi) is 5.83. The molecule has 0 spiro atoms. The summed E-state index contributed by atoms with van der Waals surface area (Å²) < 4.78 is 5.64. The summed E-state index contributed by atoms with van der Waals surface area (Å²) in [6.07, 6.45) is 0. The summed E-state index contributed by atoms with van der Waals surface area (Å²) in [4.78, 5) is 12.2. The summed E-state index contributed by atoms with van der Waals surface area (Å²) in [7, 11) is 1.77. The maximum absolute atomic E-state index is 10.5. The Labute approximate surface area is 115 Å². The molecule has 4 heteroatoms. The number of likely N-dealkylation sites (N-methyl/N-ethyl adjacent to an activating group) is 1. The molecule has 0 bridgehead atoms. The molecule has 1 aromatic carbocycles. The van der Waals surface area contributed by atoms with Crippen molar-refractivity contribution in [1.29, 1.82) is 0 Å². The lowest BCUT2D eigenvalue weighted by Crippen LogP contribution is -2.29. The molecule has 0 fully saturated rings. The van der Waals surface area contributed by atoms with Crippen molar-refractivity contribution in [2.75, 3.05) is 26.7 Å². The van der Waals surface area contributed by atoms with Gasteiger partial charge in [-0.25, -0.2) is 0 Å². The van der Waals surface area contributed by atoms with Crippen LogP contribution in [0.2, 0.25) is 0 Å². The predicted molar refractivity (Wildman–Crippen MR) is 75.9 cm³/mol. The van der Waals surface area contributed by atoms with Crippen LogP contribution < -0.4 is 4.74 Å². The van der Waals surface area contributed by atoms with Gasteiger partial charge in [0.2, 0.25) is 0 Å². The van der Waals surface area contributed by atoms with Gasteiger partial charge in [-0.1, -0.05) is 19.9 Å². The van der Waals surface area contributed by atoms with Gasteiger partial charge in [-0.2, -0.15) is 0 Å². The van der Waals surface area contributed by atoms with Crippen molar-refractivity contribution in [2.24, 2.45) is 0 Å². The molecule has 0 atom stereocenters. The predicted octanol–water partition coefficient (Wildman–Crippen LogP) is 2.51. The smallest absolute Gasteiger partial charge is 0.317 e. The van der Waals surface area contributed by atoms with E-state index in [1.165, 1.54) is 11.1 Å². The Morgan fingerprint density at radius 2 is 2.11 bits per heavy atom. The third kappa shape index (κ3) is 5.30. The number of hydrogen-bond donors (Lipinski definition) is 1. The van der Waals surface area contributed by atoms with Crippen molar-refractivity contribution in [2.45, 2.75) is 26.7 Å². The van der Waals surface area contributed by atoms with Crippen LogP contribution >= 0.6 is 0 Å². The molecule has 0 aliphatic carbocycles. The fraction of sp³-hybridized carbons (Fsp3) is 0.533. The number of aryl methyl sites for hydroxylation is 1. The number of aliphatic carboxylic acids is 1. The van der Waals surface area contributed by atoms with Gasteiger partial charge in [-0.15, -0.1) is 0 Å². The average Bonchev–Trinajstić information content (AvgIpc) is 2.27. The van der Waals surface area contributed by atoms with Crippen LogP contribution in [0.4, 0.5) is 0 Å². The van der Waals surface area contributed by atoms with Gasteiger partial charge in [0.15, 0.2) is 0 Å². The molecule has 19 heavy (non-hydrogen) atoms. The van der Waals surface area contributed by atoms with Crippen molar-refractivity contribution >= 4 is 5.97 Å². The maximum Gasteiger partial charge on any atom is 0.317 e. The second-order valence-electron chi connectivity index (χ2n) is 5.15. The summed E-state index contributed by atoms with van der Waals surface area (Å²) >= 11 is 0. The number of hydrogen-bond acceptors (Lipinski definition) is 3. The zero-order valence-electron chi connectivity index (χ0n) is 12.1. The zero-order valence-corrected chi connectivity index (χ0v) is 12.1. The normalized spacial score (nSPS) is 11.1. The molecule has 4 nitrogen and oxygen atoms in total. The van der Waals surface area contributed by atoms with Gasteiger partial charge in [0.05, 0.1) is 6.54 Å². The van der Waals surface area contributed by atoms with Crippen molar-refractivity contribution in [3.05, 3.63) is 29.3 Å². The van der Waals surface area contributed by atoms with E-state index >= 15 is 0 Å². The Morgan fingerprint density at radius 1 is 1.42 bits per heavy atom. The van der Waals surface area contributed by atoms with Gasteiger partial charge in [-0.3, -0.25) is 9.69 Å². The Hall–Kier alpha value is -1.55. The first kappa shape index (κ1) is 15.5. The highest BCUT2D eigenvalue weighted by Crippen LogP contribution is 2.23. The second kappa shape index (κ2) is 7.14. The highest BCUT2D eigenvalue weighted by Gasteiger charge is 2.06. The number of rotatable bonds is 7. The van der Waals surface area contributed by atoms with Crippen LogP contribution in [-0.2, 0) is 4.79 Å². The van der Waals surface area contributed by atoms with Crippen LogP contribution in [0.15, 0.2) is 18.2 Å². The minimum absolute atomic E-state index is 0.0364. The Bertz CT molecular complexity index is 429. The van der Waals surface area contributed by atoms with Crippen molar-refractivity contribution in [3.63, 3.8) is 0 Å². The van der Waals surface area contributed by atoms with Crippen LogP contribution in [-0.4, -0.2) is 42.7 Å². The van der Waals surface area contributed by atoms with Crippen molar-refractivity contribution in [1.82, 2.24) is 4.90 Å². The molecule has 1 aromatic rings. The fourth-order valence-corrected chi connectivity index (χ4v) is 2.02. The molecule has 0 amide bonds. The van der Waals surface area contributed by atoms with Crippen molar-refractivity contribution in [3.8, 4) is 5.75 Å². The van der Waals surface area contributed by atoms with E-state index in [1.54, 1.807) is 11.9 Å². The highest BCUT2D eigenvalue weighted by molar-refractivity contribution is 5.68. The topological polar surface area (TPSA) is 49.8 Å². The van der Waals surface area contributed by atoms with E-state index in [9.17, 15) is 4.79 Å². The monoisotopic (exact) mass is 265 g/mol. The molecular formula is C15H23NO3. The number of carboxylic acids is 1. The second-order valence-corrected chi connectivity index (χ2v) is 5.15. The molecule has 0 saturated heterocycles. The van der Waals surface area contributed by atoms with Crippen molar-refractivity contribution < 1.29 is 14.6 Å². The van der Waals surface area contributed by atoms with E-state index in [2.05, 4.69) is 26.8 Å². The van der Waals surface area contributed by atoms with Crippen LogP contribution in [0.1, 0.15) is 30.9 Å². The molecule has 0 aromatic heterocycles. The first-order valence-corrected chi connectivity index (χ1v) is 6.54. The number of carbonyl (C=O) groups is 1. The molecule has 1 N–H and O–H groups in total. The van der Waals surface area contributed by atoms with Gasteiger partial charge in [-0.05, 0) is 43.1 Å². The first-order valence-electron chi connectivity index (χ1n) is 6.54.